The van der Waals surface area contributed by atoms with Crippen LogP contribution < -0.4 is 14.8 Å². The second-order valence-electron chi connectivity index (χ2n) is 7.98. The summed E-state index contributed by atoms with van der Waals surface area (Å²) >= 11 is 0. The van der Waals surface area contributed by atoms with Crippen LogP contribution in [-0.4, -0.2) is 48.3 Å². The normalized spacial score (nSPS) is 21.5. The quantitative estimate of drug-likeness (QED) is 0.661. The summed E-state index contributed by atoms with van der Waals surface area (Å²) in [5.41, 5.74) is 0.963. The molecule has 0 saturated carbocycles. The van der Waals surface area contributed by atoms with E-state index in [0.29, 0.717) is 6.42 Å². The first kappa shape index (κ1) is 23.4. The Morgan fingerprint density at radius 3 is 2.56 bits per heavy atom. The average Bonchev–Trinajstić information content (AvgIpc) is 2.85. The molecule has 3 atom stereocenters. The van der Waals surface area contributed by atoms with Crippen LogP contribution in [0.5, 0.6) is 17.2 Å². The zero-order valence-electron chi connectivity index (χ0n) is 18.7. The summed E-state index contributed by atoms with van der Waals surface area (Å²) in [6, 6.07) is 8.54. The number of pyridine rings is 1. The molecule has 1 aliphatic heterocycles. The van der Waals surface area contributed by atoms with Crippen LogP contribution in [-0.2, 0) is 16.0 Å². The first-order chi connectivity index (χ1) is 15.4. The molecule has 2 N–H and O–H groups in total. The summed E-state index contributed by atoms with van der Waals surface area (Å²) < 4.78 is 16.0. The summed E-state index contributed by atoms with van der Waals surface area (Å²) in [5.74, 6) is -0.377. The minimum absolute atomic E-state index is 0.136. The van der Waals surface area contributed by atoms with Crippen molar-refractivity contribution >= 4 is 11.9 Å². The Labute approximate surface area is 187 Å². The molecule has 32 heavy (non-hydrogen) atoms. The fraction of sp³-hybridized carbons (Fsp3) is 0.458. The molecule has 1 aliphatic rings. The number of hydrogen-bond donors (Lipinski definition) is 2. The molecule has 0 aliphatic carbocycles. The maximum atomic E-state index is 12.8. The van der Waals surface area contributed by atoms with E-state index in [-0.39, 0.29) is 29.2 Å². The second-order valence-corrected chi connectivity index (χ2v) is 7.98. The van der Waals surface area contributed by atoms with E-state index in [0.717, 1.165) is 37.0 Å². The number of cyclic esters (lactones) is 1. The topological polar surface area (TPSA) is 107 Å². The molecule has 0 unspecified atom stereocenters. The van der Waals surface area contributed by atoms with Crippen molar-refractivity contribution in [2.24, 2.45) is 5.92 Å². The van der Waals surface area contributed by atoms with E-state index in [1.54, 1.807) is 7.11 Å². The highest BCUT2D eigenvalue weighted by molar-refractivity contribution is 5.97. The van der Waals surface area contributed by atoms with Crippen LogP contribution in [0.15, 0.2) is 36.5 Å². The van der Waals surface area contributed by atoms with Gasteiger partial charge in [-0.3, -0.25) is 4.79 Å². The maximum Gasteiger partial charge on any atom is 0.328 e. The number of nitrogens with one attached hydrogen (secondary N) is 1. The van der Waals surface area contributed by atoms with Crippen LogP contribution in [0.4, 0.5) is 0 Å². The average molecular weight is 443 g/mol. The van der Waals surface area contributed by atoms with Crippen molar-refractivity contribution in [3.63, 3.8) is 0 Å². The van der Waals surface area contributed by atoms with Gasteiger partial charge in [-0.15, -0.1) is 0 Å². The van der Waals surface area contributed by atoms with E-state index in [1.807, 2.05) is 31.2 Å². The summed E-state index contributed by atoms with van der Waals surface area (Å²) in [7, 11) is 3.02. The van der Waals surface area contributed by atoms with Crippen LogP contribution >= 0.6 is 0 Å². The van der Waals surface area contributed by atoms with E-state index in [1.165, 1.54) is 19.4 Å². The van der Waals surface area contributed by atoms with Crippen LogP contribution in [0.25, 0.3) is 0 Å². The smallest absolute Gasteiger partial charge is 0.328 e. The number of carbonyl (C=O) groups is 2. The lowest BCUT2D eigenvalue weighted by Gasteiger charge is -2.25. The largest absolute Gasteiger partial charge is 0.503 e. The first-order valence-corrected chi connectivity index (χ1v) is 10.8. The SMILES string of the molecule is COc1ccc(C[C@@H]2CCCC[C@H](NC(=O)c3nccc(OC)c3O)C(=O)O[C@H]2C)cc1. The van der Waals surface area contributed by atoms with Gasteiger partial charge in [-0.1, -0.05) is 25.0 Å². The predicted molar refractivity (Wildman–Crippen MR) is 118 cm³/mol. The van der Waals surface area contributed by atoms with Gasteiger partial charge in [0.25, 0.3) is 5.91 Å². The summed E-state index contributed by atoms with van der Waals surface area (Å²) in [5, 5.41) is 12.8. The number of methoxy groups -OCH3 is 2. The third kappa shape index (κ3) is 5.69. The summed E-state index contributed by atoms with van der Waals surface area (Å²) in [4.78, 5) is 29.4. The molecular formula is C24H30N2O6. The van der Waals surface area contributed by atoms with E-state index < -0.39 is 17.9 Å². The Kier molecular flexibility index (Phi) is 7.92. The second kappa shape index (κ2) is 10.8. The highest BCUT2D eigenvalue weighted by Crippen LogP contribution is 2.28. The van der Waals surface area contributed by atoms with E-state index >= 15 is 0 Å². The molecule has 1 aromatic heterocycles. The third-order valence-electron chi connectivity index (χ3n) is 5.85. The highest BCUT2D eigenvalue weighted by Gasteiger charge is 2.30. The number of amides is 1. The minimum Gasteiger partial charge on any atom is -0.503 e. The third-order valence-corrected chi connectivity index (χ3v) is 5.85. The molecule has 0 radical (unpaired) electrons. The Morgan fingerprint density at radius 1 is 1.16 bits per heavy atom. The molecule has 1 amide bonds. The van der Waals surface area contributed by atoms with Gasteiger partial charge in [0.05, 0.1) is 14.2 Å². The van der Waals surface area contributed by atoms with Crippen LogP contribution in [0.1, 0.15) is 48.7 Å². The van der Waals surface area contributed by atoms with Crippen LogP contribution in [0.3, 0.4) is 0 Å². The maximum absolute atomic E-state index is 12.8. The van der Waals surface area contributed by atoms with Gasteiger partial charge in [-0.2, -0.15) is 0 Å². The number of nitrogens with zero attached hydrogens (tertiary/aromatic N) is 1. The fourth-order valence-corrected chi connectivity index (χ4v) is 3.93. The van der Waals surface area contributed by atoms with Crippen molar-refractivity contribution in [1.29, 1.82) is 0 Å². The van der Waals surface area contributed by atoms with Crippen LogP contribution in [0, 0.1) is 5.92 Å². The Balaban J connectivity index is 1.66. The van der Waals surface area contributed by atoms with Crippen molar-refractivity contribution in [3.05, 3.63) is 47.8 Å². The zero-order chi connectivity index (χ0) is 23.1. The van der Waals surface area contributed by atoms with Crippen molar-refractivity contribution in [1.82, 2.24) is 10.3 Å². The number of rotatable bonds is 6. The number of benzene rings is 1. The summed E-state index contributed by atoms with van der Waals surface area (Å²) in [6.07, 6.45) is 4.90. The predicted octanol–water partition coefficient (Wildman–Crippen LogP) is 3.27. The molecule has 3 rings (SSSR count). The molecule has 2 aromatic rings. The van der Waals surface area contributed by atoms with Crippen molar-refractivity contribution in [2.75, 3.05) is 14.2 Å². The molecule has 172 valence electrons. The Hall–Kier alpha value is -3.29. The highest BCUT2D eigenvalue weighted by atomic mass is 16.5. The molecule has 0 spiro atoms. The van der Waals surface area contributed by atoms with E-state index in [2.05, 4.69) is 10.3 Å². The first-order valence-electron chi connectivity index (χ1n) is 10.8. The van der Waals surface area contributed by atoms with Crippen molar-refractivity contribution in [3.8, 4) is 17.2 Å². The standard InChI is InChI=1S/C24H30N2O6/c1-15-17(14-16-8-10-18(30-2)11-9-16)6-4-5-7-19(24(29)32-15)26-23(28)21-22(27)20(31-3)12-13-25-21/h8-13,15,17,19,27H,4-7,14H2,1-3H3,(H,26,28)/t15-,17-,19-/m0/s1. The minimum atomic E-state index is -0.808. The molecule has 1 aromatic carbocycles. The van der Waals surface area contributed by atoms with E-state index in [4.69, 9.17) is 14.2 Å². The zero-order valence-corrected chi connectivity index (χ0v) is 18.7. The fourth-order valence-electron chi connectivity index (χ4n) is 3.93. The van der Waals surface area contributed by atoms with Crippen LogP contribution in [0.2, 0.25) is 0 Å². The van der Waals surface area contributed by atoms with Gasteiger partial charge in [0.2, 0.25) is 0 Å². The van der Waals surface area contributed by atoms with Gasteiger partial charge in [0, 0.05) is 12.3 Å². The number of aromatic nitrogens is 1. The van der Waals surface area contributed by atoms with Gasteiger partial charge >= 0.3 is 5.97 Å². The van der Waals surface area contributed by atoms with Gasteiger partial charge < -0.3 is 24.6 Å². The molecule has 8 heteroatoms. The molecule has 0 bridgehead atoms. The lowest BCUT2D eigenvalue weighted by molar-refractivity contribution is -0.153. The van der Waals surface area contributed by atoms with Crippen molar-refractivity contribution in [2.45, 2.75) is 51.2 Å². The van der Waals surface area contributed by atoms with Gasteiger partial charge in [0.1, 0.15) is 17.9 Å². The number of hydrogen-bond acceptors (Lipinski definition) is 7. The monoisotopic (exact) mass is 442 g/mol. The van der Waals surface area contributed by atoms with Gasteiger partial charge in [0.15, 0.2) is 17.2 Å². The molecule has 1 saturated heterocycles. The van der Waals surface area contributed by atoms with Gasteiger partial charge in [-0.05, 0) is 49.8 Å². The number of esters is 1. The lowest BCUT2D eigenvalue weighted by atomic mass is 9.90. The number of ether oxygens (including phenoxy) is 3. The van der Waals surface area contributed by atoms with Gasteiger partial charge in [-0.25, -0.2) is 9.78 Å². The number of carbonyl (C=O) groups excluding carboxylic acids is 2. The Morgan fingerprint density at radius 2 is 1.88 bits per heavy atom. The van der Waals surface area contributed by atoms with E-state index in [9.17, 15) is 14.7 Å². The molecule has 1 fully saturated rings. The molecule has 2 heterocycles. The molecule has 8 nitrogen and oxygen atoms in total. The Bertz CT molecular complexity index is 931. The lowest BCUT2D eigenvalue weighted by Crippen LogP contribution is -2.43. The van der Waals surface area contributed by atoms with Crippen molar-refractivity contribution < 1.29 is 28.9 Å². The molecular weight excluding hydrogens is 412 g/mol. The summed E-state index contributed by atoms with van der Waals surface area (Å²) in [6.45, 7) is 1.89. The number of aromatic hydroxyl groups is 1.